The predicted octanol–water partition coefficient (Wildman–Crippen LogP) is 4.43. The van der Waals surface area contributed by atoms with Crippen LogP contribution in [-0.2, 0) is 4.79 Å². The second-order valence-corrected chi connectivity index (χ2v) is 4.41. The normalized spacial score (nSPS) is 10.2. The number of hydrogen-bond acceptors (Lipinski definition) is 1. The SMILES string of the molecule is C=CC(=O)C=C(c1ccc(F)cc1F)c1ccc(F)cc1F. The Hall–Kier alpha value is -2.69. The lowest BCUT2D eigenvalue weighted by Gasteiger charge is -2.10. The molecule has 0 heterocycles. The Kier molecular flexibility index (Phi) is 4.56. The zero-order chi connectivity index (χ0) is 16.3. The number of allylic oxidation sites excluding steroid dienone is 2. The Bertz CT molecular complexity index is 725. The first-order chi connectivity index (χ1) is 10.4. The molecule has 2 aromatic rings. The first-order valence-electron chi connectivity index (χ1n) is 6.21. The molecule has 0 fully saturated rings. The Labute approximate surface area is 124 Å². The molecule has 0 saturated carbocycles. The summed E-state index contributed by atoms with van der Waals surface area (Å²) in [6.45, 7) is 3.27. The van der Waals surface area contributed by atoms with E-state index in [-0.39, 0.29) is 16.7 Å². The minimum absolute atomic E-state index is 0.125. The molecule has 2 aromatic carbocycles. The van der Waals surface area contributed by atoms with E-state index in [2.05, 4.69) is 6.58 Å². The van der Waals surface area contributed by atoms with E-state index in [1.165, 1.54) is 0 Å². The van der Waals surface area contributed by atoms with E-state index in [1.54, 1.807) is 0 Å². The maximum atomic E-state index is 13.9. The van der Waals surface area contributed by atoms with Crippen molar-refractivity contribution in [1.82, 2.24) is 0 Å². The van der Waals surface area contributed by atoms with E-state index in [4.69, 9.17) is 0 Å². The molecular weight excluding hydrogens is 296 g/mol. The van der Waals surface area contributed by atoms with Crippen molar-refractivity contribution in [2.45, 2.75) is 0 Å². The number of carbonyl (C=O) groups excluding carboxylic acids is 1. The summed E-state index contributed by atoms with van der Waals surface area (Å²) >= 11 is 0. The molecule has 2 rings (SSSR count). The van der Waals surface area contributed by atoms with Crippen molar-refractivity contribution in [3.8, 4) is 0 Å². The summed E-state index contributed by atoms with van der Waals surface area (Å²) in [4.78, 5) is 11.5. The van der Waals surface area contributed by atoms with Crippen molar-refractivity contribution >= 4 is 11.4 Å². The smallest absolute Gasteiger partial charge is 0.178 e. The second-order valence-electron chi connectivity index (χ2n) is 4.41. The Morgan fingerprint density at radius 3 is 1.68 bits per heavy atom. The van der Waals surface area contributed by atoms with Crippen molar-refractivity contribution in [2.75, 3.05) is 0 Å². The van der Waals surface area contributed by atoms with E-state index >= 15 is 0 Å². The number of hydrogen-bond donors (Lipinski definition) is 0. The van der Waals surface area contributed by atoms with Gasteiger partial charge in [0.05, 0.1) is 0 Å². The summed E-state index contributed by atoms with van der Waals surface area (Å²) in [7, 11) is 0. The van der Waals surface area contributed by atoms with E-state index in [0.717, 1.165) is 36.4 Å². The van der Waals surface area contributed by atoms with Gasteiger partial charge in [0.25, 0.3) is 0 Å². The molecule has 0 radical (unpaired) electrons. The number of halogens is 4. The van der Waals surface area contributed by atoms with Crippen LogP contribution >= 0.6 is 0 Å². The van der Waals surface area contributed by atoms with Gasteiger partial charge in [0.1, 0.15) is 23.3 Å². The van der Waals surface area contributed by atoms with Crippen LogP contribution in [0.1, 0.15) is 11.1 Å². The predicted molar refractivity (Wildman–Crippen MR) is 75.0 cm³/mol. The van der Waals surface area contributed by atoms with Gasteiger partial charge < -0.3 is 0 Å². The third kappa shape index (κ3) is 3.31. The van der Waals surface area contributed by atoms with Crippen LogP contribution in [0, 0.1) is 23.3 Å². The summed E-state index contributed by atoms with van der Waals surface area (Å²) < 4.78 is 53.9. The molecule has 0 atom stereocenters. The number of carbonyl (C=O) groups is 1. The van der Waals surface area contributed by atoms with E-state index in [9.17, 15) is 22.4 Å². The topological polar surface area (TPSA) is 17.1 Å². The molecule has 1 nitrogen and oxygen atoms in total. The summed E-state index contributed by atoms with van der Waals surface area (Å²) in [6, 6.07) is 5.34. The first kappa shape index (κ1) is 15.7. The van der Waals surface area contributed by atoms with Gasteiger partial charge in [-0.2, -0.15) is 0 Å². The standard InChI is InChI=1S/C17H10F4O/c1-2-12(22)9-15(13-5-3-10(18)7-16(13)20)14-6-4-11(19)8-17(14)21/h2-9H,1H2. The van der Waals surface area contributed by atoms with E-state index in [0.29, 0.717) is 12.1 Å². The minimum atomic E-state index is -0.966. The van der Waals surface area contributed by atoms with Crippen molar-refractivity contribution in [3.63, 3.8) is 0 Å². The summed E-state index contributed by atoms with van der Waals surface area (Å²) in [5, 5.41) is 0. The van der Waals surface area contributed by atoms with Gasteiger partial charge in [0.15, 0.2) is 5.78 Å². The average molecular weight is 306 g/mol. The van der Waals surface area contributed by atoms with Crippen LogP contribution in [-0.4, -0.2) is 5.78 Å². The number of ketones is 1. The third-order valence-electron chi connectivity index (χ3n) is 2.93. The van der Waals surface area contributed by atoms with Gasteiger partial charge in [0.2, 0.25) is 0 Å². The molecule has 0 N–H and O–H groups in total. The summed E-state index contributed by atoms with van der Waals surface area (Å²) in [5.41, 5.74) is -0.482. The van der Waals surface area contributed by atoms with Crippen LogP contribution in [0.4, 0.5) is 17.6 Å². The van der Waals surface area contributed by atoms with Crippen molar-refractivity contribution < 1.29 is 22.4 Å². The highest BCUT2D eigenvalue weighted by Gasteiger charge is 2.16. The Morgan fingerprint density at radius 2 is 1.32 bits per heavy atom. The Morgan fingerprint density at radius 1 is 0.864 bits per heavy atom. The average Bonchev–Trinajstić information content (AvgIpc) is 2.45. The molecule has 0 saturated heterocycles. The lowest BCUT2D eigenvalue weighted by molar-refractivity contribution is -0.110. The molecule has 0 aliphatic carbocycles. The number of benzene rings is 2. The molecule has 0 aliphatic rings. The van der Waals surface area contributed by atoms with Gasteiger partial charge in [-0.15, -0.1) is 0 Å². The van der Waals surface area contributed by atoms with Gasteiger partial charge >= 0.3 is 0 Å². The molecule has 0 aliphatic heterocycles. The molecule has 0 aromatic heterocycles. The molecule has 0 bridgehead atoms. The highest BCUT2D eigenvalue weighted by atomic mass is 19.1. The van der Waals surface area contributed by atoms with Crippen LogP contribution < -0.4 is 0 Å². The molecular formula is C17H10F4O. The third-order valence-corrected chi connectivity index (χ3v) is 2.93. The van der Waals surface area contributed by atoms with Crippen LogP contribution in [0.15, 0.2) is 55.1 Å². The molecule has 22 heavy (non-hydrogen) atoms. The van der Waals surface area contributed by atoms with Gasteiger partial charge in [0, 0.05) is 23.3 Å². The molecule has 0 unspecified atom stereocenters. The molecule has 112 valence electrons. The van der Waals surface area contributed by atoms with Gasteiger partial charge in [-0.1, -0.05) is 6.58 Å². The van der Waals surface area contributed by atoms with E-state index < -0.39 is 29.1 Å². The fourth-order valence-corrected chi connectivity index (χ4v) is 1.92. The van der Waals surface area contributed by atoms with Crippen LogP contribution in [0.5, 0.6) is 0 Å². The van der Waals surface area contributed by atoms with Gasteiger partial charge in [-0.3, -0.25) is 4.79 Å². The lowest BCUT2D eigenvalue weighted by Crippen LogP contribution is -2.00. The van der Waals surface area contributed by atoms with Crippen molar-refractivity contribution in [2.24, 2.45) is 0 Å². The van der Waals surface area contributed by atoms with Crippen LogP contribution in [0.25, 0.3) is 5.57 Å². The van der Waals surface area contributed by atoms with Crippen LogP contribution in [0.2, 0.25) is 0 Å². The first-order valence-corrected chi connectivity index (χ1v) is 6.21. The minimum Gasteiger partial charge on any atom is -0.290 e. The quantitative estimate of drug-likeness (QED) is 0.603. The molecule has 0 amide bonds. The zero-order valence-corrected chi connectivity index (χ0v) is 11.2. The molecule has 5 heteroatoms. The Balaban J connectivity index is 2.69. The second kappa shape index (κ2) is 6.39. The maximum Gasteiger partial charge on any atom is 0.178 e. The zero-order valence-electron chi connectivity index (χ0n) is 11.2. The fourth-order valence-electron chi connectivity index (χ4n) is 1.92. The monoisotopic (exact) mass is 306 g/mol. The summed E-state index contributed by atoms with van der Waals surface area (Å²) in [5.74, 6) is -4.15. The largest absolute Gasteiger partial charge is 0.290 e. The lowest BCUT2D eigenvalue weighted by atomic mass is 9.95. The highest BCUT2D eigenvalue weighted by molar-refractivity contribution is 6.06. The maximum absolute atomic E-state index is 13.9. The van der Waals surface area contributed by atoms with Gasteiger partial charge in [-0.05, 0) is 42.0 Å². The van der Waals surface area contributed by atoms with Gasteiger partial charge in [-0.25, -0.2) is 17.6 Å². The van der Waals surface area contributed by atoms with E-state index in [1.807, 2.05) is 0 Å². The summed E-state index contributed by atoms with van der Waals surface area (Å²) in [6.07, 6.45) is 1.92. The van der Waals surface area contributed by atoms with Crippen molar-refractivity contribution in [1.29, 1.82) is 0 Å². The highest BCUT2D eigenvalue weighted by Crippen LogP contribution is 2.28. The fraction of sp³-hybridized carbons (Fsp3) is 0. The number of rotatable bonds is 4. The van der Waals surface area contributed by atoms with Crippen LogP contribution in [0.3, 0.4) is 0 Å². The van der Waals surface area contributed by atoms with Crippen molar-refractivity contribution in [3.05, 3.63) is 89.5 Å². The molecule has 0 spiro atoms.